The van der Waals surface area contributed by atoms with Gasteiger partial charge in [-0.1, -0.05) is 30.8 Å². The first-order valence-electron chi connectivity index (χ1n) is 11.2. The van der Waals surface area contributed by atoms with Crippen LogP contribution in [0.2, 0.25) is 0 Å². The molecule has 4 heterocycles. The van der Waals surface area contributed by atoms with Gasteiger partial charge in [0.2, 0.25) is 0 Å². The quantitative estimate of drug-likeness (QED) is 0.282. The Morgan fingerprint density at radius 3 is 2.94 bits per heavy atom. The Balaban J connectivity index is 1.43. The highest BCUT2D eigenvalue weighted by Gasteiger charge is 2.25. The summed E-state index contributed by atoms with van der Waals surface area (Å²) in [6, 6.07) is 10.9. The second kappa shape index (κ2) is 8.56. The number of nitrogens with zero attached hydrogens (tertiary/aromatic N) is 3. The van der Waals surface area contributed by atoms with Crippen molar-refractivity contribution in [3.63, 3.8) is 0 Å². The largest absolute Gasteiger partial charge is 0.467 e. The zero-order valence-electron chi connectivity index (χ0n) is 18.5. The third-order valence-electron chi connectivity index (χ3n) is 6.27. The van der Waals surface area contributed by atoms with Gasteiger partial charge in [-0.25, -0.2) is 9.97 Å². The normalized spacial score (nSPS) is 15.7. The average molecular weight is 491 g/mol. The molecule has 34 heavy (non-hydrogen) atoms. The van der Waals surface area contributed by atoms with Gasteiger partial charge in [0.15, 0.2) is 5.16 Å². The van der Waals surface area contributed by atoms with Crippen molar-refractivity contribution in [2.45, 2.75) is 43.6 Å². The number of rotatable bonds is 5. The Morgan fingerprint density at radius 1 is 1.21 bits per heavy atom. The van der Waals surface area contributed by atoms with E-state index in [0.29, 0.717) is 45.9 Å². The molecule has 0 saturated heterocycles. The Labute approximate surface area is 202 Å². The van der Waals surface area contributed by atoms with Crippen LogP contribution in [0.5, 0.6) is 0 Å². The fraction of sp³-hybridized carbons (Fsp3) is 0.280. The second-order valence-corrected chi connectivity index (χ2v) is 10.7. The van der Waals surface area contributed by atoms with Gasteiger partial charge in [-0.2, -0.15) is 0 Å². The molecular formula is C25H22N4O3S2. The lowest BCUT2D eigenvalue weighted by Gasteiger charge is -2.17. The summed E-state index contributed by atoms with van der Waals surface area (Å²) in [6.07, 6.45) is 4.62. The molecule has 6 rings (SSSR count). The van der Waals surface area contributed by atoms with E-state index in [-0.39, 0.29) is 11.1 Å². The number of hydrogen-bond acceptors (Lipinski definition) is 7. The van der Waals surface area contributed by atoms with E-state index in [2.05, 4.69) is 16.9 Å². The maximum absolute atomic E-state index is 13.7. The molecule has 1 aliphatic rings. The number of thioether (sulfide) groups is 1. The van der Waals surface area contributed by atoms with Crippen molar-refractivity contribution >= 4 is 44.2 Å². The maximum atomic E-state index is 13.7. The van der Waals surface area contributed by atoms with Crippen LogP contribution in [0.1, 0.15) is 35.4 Å². The predicted octanol–water partition coefficient (Wildman–Crippen LogP) is 4.75. The van der Waals surface area contributed by atoms with E-state index < -0.39 is 0 Å². The fourth-order valence-corrected chi connectivity index (χ4v) is 6.84. The Bertz CT molecular complexity index is 1630. The number of H-pyrrole nitrogens is 1. The van der Waals surface area contributed by atoms with Crippen molar-refractivity contribution in [3.05, 3.63) is 85.4 Å². The van der Waals surface area contributed by atoms with Crippen molar-refractivity contribution in [2.75, 3.05) is 0 Å². The van der Waals surface area contributed by atoms with E-state index in [0.717, 1.165) is 29.5 Å². The summed E-state index contributed by atoms with van der Waals surface area (Å²) in [7, 11) is 0. The molecule has 0 spiro atoms. The van der Waals surface area contributed by atoms with Gasteiger partial charge in [0.05, 0.1) is 34.8 Å². The molecule has 0 bridgehead atoms. The van der Waals surface area contributed by atoms with Gasteiger partial charge >= 0.3 is 0 Å². The minimum absolute atomic E-state index is 0.0316. The molecule has 9 heteroatoms. The van der Waals surface area contributed by atoms with Gasteiger partial charge < -0.3 is 9.40 Å². The smallest absolute Gasteiger partial charge is 0.263 e. The van der Waals surface area contributed by atoms with Gasteiger partial charge in [-0.05, 0) is 55.0 Å². The summed E-state index contributed by atoms with van der Waals surface area (Å²) in [5.74, 6) is 2.25. The number of nitrogens with one attached hydrogen (secondary N) is 1. The van der Waals surface area contributed by atoms with Crippen LogP contribution in [0.3, 0.4) is 0 Å². The average Bonchev–Trinajstić information content (AvgIpc) is 3.47. The first-order chi connectivity index (χ1) is 16.6. The Morgan fingerprint density at radius 2 is 2.09 bits per heavy atom. The summed E-state index contributed by atoms with van der Waals surface area (Å²) in [4.78, 5) is 40.7. The molecule has 5 aromatic rings. The number of furan rings is 1. The van der Waals surface area contributed by atoms with Crippen molar-refractivity contribution < 1.29 is 4.42 Å². The molecule has 1 N–H and O–H groups in total. The molecule has 1 atom stereocenters. The Kier molecular flexibility index (Phi) is 5.38. The second-order valence-electron chi connectivity index (χ2n) is 8.72. The molecule has 0 radical (unpaired) electrons. The Hall–Kier alpha value is -3.17. The molecule has 0 saturated carbocycles. The lowest BCUT2D eigenvalue weighted by Crippen LogP contribution is -2.24. The molecular weight excluding hydrogens is 468 g/mol. The molecule has 1 unspecified atom stereocenters. The first kappa shape index (κ1) is 21.4. The molecule has 0 aliphatic heterocycles. The zero-order valence-corrected chi connectivity index (χ0v) is 20.2. The minimum Gasteiger partial charge on any atom is -0.467 e. The van der Waals surface area contributed by atoms with Crippen LogP contribution < -0.4 is 11.1 Å². The van der Waals surface area contributed by atoms with Crippen LogP contribution in [0, 0.1) is 5.92 Å². The number of para-hydroxylation sites is 1. The van der Waals surface area contributed by atoms with E-state index >= 15 is 0 Å². The van der Waals surface area contributed by atoms with E-state index in [1.165, 1.54) is 22.2 Å². The lowest BCUT2D eigenvalue weighted by atomic mass is 9.89. The zero-order chi connectivity index (χ0) is 23.2. The van der Waals surface area contributed by atoms with Crippen molar-refractivity contribution in [3.8, 4) is 0 Å². The van der Waals surface area contributed by atoms with Crippen LogP contribution in [0.4, 0.5) is 0 Å². The van der Waals surface area contributed by atoms with Crippen LogP contribution in [-0.4, -0.2) is 19.5 Å². The number of aromatic amines is 1. The summed E-state index contributed by atoms with van der Waals surface area (Å²) < 4.78 is 7.23. The van der Waals surface area contributed by atoms with Gasteiger partial charge in [0.25, 0.3) is 11.1 Å². The number of benzene rings is 1. The maximum Gasteiger partial charge on any atom is 0.263 e. The molecule has 1 aliphatic carbocycles. The first-order valence-corrected chi connectivity index (χ1v) is 13.0. The van der Waals surface area contributed by atoms with Gasteiger partial charge in [-0.3, -0.25) is 14.2 Å². The molecule has 0 fully saturated rings. The minimum atomic E-state index is -0.169. The monoisotopic (exact) mass is 490 g/mol. The van der Waals surface area contributed by atoms with Gasteiger partial charge in [0.1, 0.15) is 16.4 Å². The van der Waals surface area contributed by atoms with E-state index in [4.69, 9.17) is 9.40 Å². The van der Waals surface area contributed by atoms with Crippen molar-refractivity contribution in [1.29, 1.82) is 0 Å². The highest BCUT2D eigenvalue weighted by Crippen LogP contribution is 2.36. The van der Waals surface area contributed by atoms with Crippen LogP contribution in [-0.2, 0) is 25.1 Å². The number of aromatic nitrogens is 4. The van der Waals surface area contributed by atoms with Crippen LogP contribution in [0.15, 0.2) is 61.8 Å². The van der Waals surface area contributed by atoms with E-state index in [1.54, 1.807) is 28.2 Å². The summed E-state index contributed by atoms with van der Waals surface area (Å²) >= 11 is 3.04. The number of thiophene rings is 1. The topological polar surface area (TPSA) is 93.8 Å². The van der Waals surface area contributed by atoms with Crippen LogP contribution in [0.25, 0.3) is 21.1 Å². The molecule has 1 aromatic carbocycles. The lowest BCUT2D eigenvalue weighted by molar-refractivity contribution is 0.476. The van der Waals surface area contributed by atoms with E-state index in [9.17, 15) is 9.59 Å². The highest BCUT2D eigenvalue weighted by molar-refractivity contribution is 7.98. The molecule has 7 nitrogen and oxygen atoms in total. The molecule has 0 amide bonds. The number of aryl methyl sites for hydroxylation is 1. The number of hydrogen-bond donors (Lipinski definition) is 1. The highest BCUT2D eigenvalue weighted by atomic mass is 32.2. The van der Waals surface area contributed by atoms with Gasteiger partial charge in [-0.15, -0.1) is 11.3 Å². The predicted molar refractivity (Wildman–Crippen MR) is 135 cm³/mol. The standard InChI is InChI=1S/C25H22N4O3S2/c1-14-8-9-17-19(11-14)34-23-21(17)24(31)29(12-15-5-4-10-32-15)25(28-23)33-13-20-26-18-7-3-2-6-16(18)22(30)27-20/h2-7,10,14H,8-9,11-13H2,1H3,(H,26,27,30). The van der Waals surface area contributed by atoms with E-state index in [1.807, 2.05) is 30.3 Å². The third-order valence-corrected chi connectivity index (χ3v) is 8.41. The van der Waals surface area contributed by atoms with Crippen molar-refractivity contribution in [1.82, 2.24) is 19.5 Å². The summed E-state index contributed by atoms with van der Waals surface area (Å²) in [5, 5.41) is 1.90. The fourth-order valence-electron chi connectivity index (χ4n) is 4.55. The summed E-state index contributed by atoms with van der Waals surface area (Å²) in [5.41, 5.74) is 1.62. The third kappa shape index (κ3) is 3.78. The van der Waals surface area contributed by atoms with Crippen LogP contribution >= 0.6 is 23.1 Å². The molecule has 4 aromatic heterocycles. The van der Waals surface area contributed by atoms with Gasteiger partial charge in [0, 0.05) is 4.88 Å². The SMILES string of the molecule is CC1CCc2c(sc3nc(SCc4nc5ccccc5c(=O)[nH]4)n(Cc4ccco4)c(=O)c23)C1. The number of fused-ring (bicyclic) bond motifs is 4. The molecule has 172 valence electrons. The van der Waals surface area contributed by atoms with Crippen molar-refractivity contribution in [2.24, 2.45) is 5.92 Å². The summed E-state index contributed by atoms with van der Waals surface area (Å²) in [6.45, 7) is 2.56.